The van der Waals surface area contributed by atoms with Crippen molar-refractivity contribution in [3.8, 4) is 0 Å². The van der Waals surface area contributed by atoms with Crippen LogP contribution in [0.15, 0.2) is 50.5 Å². The molecule has 2 aliphatic carbocycles. The van der Waals surface area contributed by atoms with E-state index in [4.69, 9.17) is 5.53 Å². The van der Waals surface area contributed by atoms with Crippen LogP contribution in [-0.2, 0) is 12.8 Å². The maximum atomic E-state index is 9.82. The maximum Gasteiger partial charge on any atom is 0.0792 e. The summed E-state index contributed by atoms with van der Waals surface area (Å²) < 4.78 is 2.21. The number of benzene rings is 2. The van der Waals surface area contributed by atoms with Gasteiger partial charge in [0, 0.05) is 13.9 Å². The van der Waals surface area contributed by atoms with E-state index in [0.717, 1.165) is 53.0 Å². The van der Waals surface area contributed by atoms with Crippen molar-refractivity contribution in [2.45, 2.75) is 63.5 Å². The quantitative estimate of drug-likeness (QED) is 0.183. The zero-order chi connectivity index (χ0) is 19.9. The number of hydrogen-bond acceptors (Lipinski definition) is 2. The van der Waals surface area contributed by atoms with E-state index in [-0.39, 0.29) is 12.1 Å². The average Bonchev–Trinajstić information content (AvgIpc) is 2.98. The lowest BCUT2D eigenvalue weighted by atomic mass is 10.00. The summed E-state index contributed by atoms with van der Waals surface area (Å²) in [7, 11) is 0. The van der Waals surface area contributed by atoms with Crippen LogP contribution in [0.25, 0.3) is 10.4 Å². The average molecular weight is 507 g/mol. The summed E-state index contributed by atoms with van der Waals surface area (Å²) in [4.78, 5) is 2.94. The number of aliphatic hydroxyl groups excluding tert-OH is 1. The third-order valence-electron chi connectivity index (χ3n) is 5.47. The number of nitrogens with zero attached hydrogens (tertiary/aromatic N) is 3. The molecule has 4 rings (SSSR count). The van der Waals surface area contributed by atoms with Crippen molar-refractivity contribution in [1.29, 1.82) is 0 Å². The fourth-order valence-corrected chi connectivity index (χ4v) is 4.85. The lowest BCUT2D eigenvalue weighted by Crippen LogP contribution is -1.98. The van der Waals surface area contributed by atoms with Gasteiger partial charge in [0.2, 0.25) is 0 Å². The van der Waals surface area contributed by atoms with Crippen LogP contribution < -0.4 is 0 Å². The Kier molecular flexibility index (Phi) is 7.98. The van der Waals surface area contributed by atoms with Crippen molar-refractivity contribution < 1.29 is 5.11 Å². The third kappa shape index (κ3) is 5.60. The van der Waals surface area contributed by atoms with Crippen LogP contribution in [-0.4, -0.2) is 5.11 Å². The molecule has 0 fully saturated rings. The fourth-order valence-electron chi connectivity index (χ4n) is 4.03. The molecule has 2 aliphatic rings. The van der Waals surface area contributed by atoms with E-state index in [2.05, 4.69) is 60.1 Å². The molecule has 2 unspecified atom stereocenters. The summed E-state index contributed by atoms with van der Waals surface area (Å²) >= 11 is 6.93. The molecule has 28 heavy (non-hydrogen) atoms. The Bertz CT molecular complexity index is 865. The first-order chi connectivity index (χ1) is 13.6. The Morgan fingerprint density at radius 1 is 0.857 bits per heavy atom. The maximum absolute atomic E-state index is 9.82. The largest absolute Gasteiger partial charge is 0.388 e. The molecule has 0 radical (unpaired) electrons. The van der Waals surface area contributed by atoms with Crippen molar-refractivity contribution in [3.05, 3.63) is 78.0 Å². The van der Waals surface area contributed by atoms with Gasteiger partial charge in [-0.15, -0.1) is 0 Å². The normalized spacial score (nSPS) is 21.0. The second-order valence-corrected chi connectivity index (χ2v) is 9.25. The van der Waals surface area contributed by atoms with Gasteiger partial charge in [-0.2, -0.15) is 0 Å². The molecule has 2 atom stereocenters. The van der Waals surface area contributed by atoms with Crippen LogP contribution in [0.4, 0.5) is 0 Å². The first-order valence-electron chi connectivity index (χ1n) is 9.87. The summed E-state index contributed by atoms with van der Waals surface area (Å²) in [6.07, 6.45) is 8.47. The van der Waals surface area contributed by atoms with Crippen molar-refractivity contribution >= 4 is 31.9 Å². The van der Waals surface area contributed by atoms with Crippen molar-refractivity contribution in [2.24, 2.45) is 5.11 Å². The molecule has 0 bridgehead atoms. The van der Waals surface area contributed by atoms with Crippen LogP contribution in [0.1, 0.15) is 72.9 Å². The number of aliphatic hydroxyl groups is 1. The molecule has 4 nitrogen and oxygen atoms in total. The zero-order valence-electron chi connectivity index (χ0n) is 15.8. The fraction of sp³-hybridized carbons (Fsp3) is 0.455. The van der Waals surface area contributed by atoms with E-state index in [1.807, 2.05) is 18.2 Å². The van der Waals surface area contributed by atoms with Crippen LogP contribution in [0.5, 0.6) is 0 Å². The number of aryl methyl sites for hydroxylation is 2. The Balaban J connectivity index is 0.000000162. The highest BCUT2D eigenvalue weighted by Gasteiger charge is 2.17. The van der Waals surface area contributed by atoms with Gasteiger partial charge in [0.15, 0.2) is 0 Å². The summed E-state index contributed by atoms with van der Waals surface area (Å²) in [5, 5.41) is 13.7. The van der Waals surface area contributed by atoms with E-state index >= 15 is 0 Å². The van der Waals surface area contributed by atoms with Gasteiger partial charge in [-0.1, -0.05) is 61.9 Å². The zero-order valence-corrected chi connectivity index (χ0v) is 19.0. The van der Waals surface area contributed by atoms with E-state index in [9.17, 15) is 5.11 Å². The standard InChI is InChI=1S/C11H12BrN3.C11H13BrO/c12-9-5-6-10-8(7-9)3-1-2-4-11(10)14-15-13;12-9-5-6-10-8(7-9)3-1-2-4-11(10)13/h5-7,11H,1-4H2;5-7,11,13H,1-4H2. The highest BCUT2D eigenvalue weighted by molar-refractivity contribution is 9.10. The minimum absolute atomic E-state index is 0.0283. The molecule has 1 N–H and O–H groups in total. The molecule has 0 saturated heterocycles. The molecule has 2 aromatic carbocycles. The predicted octanol–water partition coefficient (Wildman–Crippen LogP) is 7.74. The van der Waals surface area contributed by atoms with Crippen LogP contribution in [0.2, 0.25) is 0 Å². The predicted molar refractivity (Wildman–Crippen MR) is 120 cm³/mol. The molecule has 0 aliphatic heterocycles. The molecule has 0 aromatic heterocycles. The lowest BCUT2D eigenvalue weighted by Gasteiger charge is -2.11. The van der Waals surface area contributed by atoms with E-state index in [1.54, 1.807) is 0 Å². The molecule has 0 saturated carbocycles. The first-order valence-corrected chi connectivity index (χ1v) is 11.5. The summed E-state index contributed by atoms with van der Waals surface area (Å²) in [6, 6.07) is 12.4. The summed E-state index contributed by atoms with van der Waals surface area (Å²) in [5.74, 6) is 0. The van der Waals surface area contributed by atoms with Gasteiger partial charge in [0.1, 0.15) is 0 Å². The number of azide groups is 1. The number of hydrogen-bond donors (Lipinski definition) is 1. The van der Waals surface area contributed by atoms with Crippen LogP contribution in [0.3, 0.4) is 0 Å². The highest BCUT2D eigenvalue weighted by Crippen LogP contribution is 2.33. The Hall–Kier alpha value is -1.33. The Morgan fingerprint density at radius 2 is 1.43 bits per heavy atom. The Labute approximate surface area is 183 Å². The number of halogens is 2. The molecule has 0 amide bonds. The molecular weight excluding hydrogens is 482 g/mol. The van der Waals surface area contributed by atoms with Gasteiger partial charge in [-0.25, -0.2) is 0 Å². The van der Waals surface area contributed by atoms with Crippen molar-refractivity contribution in [1.82, 2.24) is 0 Å². The topological polar surface area (TPSA) is 69.0 Å². The second kappa shape index (κ2) is 10.4. The minimum atomic E-state index is -0.245. The molecule has 0 spiro atoms. The molecule has 148 valence electrons. The molecular formula is C22H25Br2N3O. The van der Waals surface area contributed by atoms with E-state index in [1.165, 1.54) is 29.5 Å². The van der Waals surface area contributed by atoms with Gasteiger partial charge in [-0.3, -0.25) is 0 Å². The van der Waals surface area contributed by atoms with E-state index < -0.39 is 0 Å². The van der Waals surface area contributed by atoms with E-state index in [0.29, 0.717) is 0 Å². The third-order valence-corrected chi connectivity index (χ3v) is 6.45. The van der Waals surface area contributed by atoms with Gasteiger partial charge < -0.3 is 5.11 Å². The van der Waals surface area contributed by atoms with Gasteiger partial charge >= 0.3 is 0 Å². The summed E-state index contributed by atoms with van der Waals surface area (Å²) in [6.45, 7) is 0. The van der Waals surface area contributed by atoms with Gasteiger partial charge in [0.25, 0.3) is 0 Å². The summed E-state index contributed by atoms with van der Waals surface area (Å²) in [5.41, 5.74) is 13.5. The van der Waals surface area contributed by atoms with Crippen LogP contribution in [0, 0.1) is 0 Å². The van der Waals surface area contributed by atoms with Crippen molar-refractivity contribution in [3.63, 3.8) is 0 Å². The van der Waals surface area contributed by atoms with Crippen molar-refractivity contribution in [2.75, 3.05) is 0 Å². The second-order valence-electron chi connectivity index (χ2n) is 7.41. The molecule has 6 heteroatoms. The Morgan fingerprint density at radius 3 is 2.07 bits per heavy atom. The first kappa shape index (κ1) is 21.4. The SMILES string of the molecule is OC1CCCCc2cc(Br)ccc21.[N-]=[N+]=NC1CCCCc2cc(Br)ccc21. The molecule has 2 aromatic rings. The smallest absolute Gasteiger partial charge is 0.0792 e. The van der Waals surface area contributed by atoms with Crippen LogP contribution >= 0.6 is 31.9 Å². The number of fused-ring (bicyclic) bond motifs is 2. The molecule has 0 heterocycles. The number of rotatable bonds is 1. The van der Waals surface area contributed by atoms with Gasteiger partial charge in [-0.05, 0) is 90.6 Å². The lowest BCUT2D eigenvalue weighted by molar-refractivity contribution is 0.166. The highest BCUT2D eigenvalue weighted by atomic mass is 79.9. The minimum Gasteiger partial charge on any atom is -0.388 e. The van der Waals surface area contributed by atoms with Gasteiger partial charge in [0.05, 0.1) is 12.1 Å². The monoisotopic (exact) mass is 505 g/mol.